The van der Waals surface area contributed by atoms with Crippen LogP contribution in [0.2, 0.25) is 0 Å². The fourth-order valence-corrected chi connectivity index (χ4v) is 3.30. The Balaban J connectivity index is 1.52. The minimum absolute atomic E-state index is 0.0241. The zero-order valence-corrected chi connectivity index (χ0v) is 15.5. The van der Waals surface area contributed by atoms with Gasteiger partial charge in [0.25, 0.3) is 5.91 Å². The van der Waals surface area contributed by atoms with Crippen molar-refractivity contribution in [3.63, 3.8) is 0 Å². The van der Waals surface area contributed by atoms with E-state index in [0.717, 1.165) is 31.7 Å². The van der Waals surface area contributed by atoms with Gasteiger partial charge < -0.3 is 14.5 Å². The monoisotopic (exact) mass is 386 g/mol. The lowest BCUT2D eigenvalue weighted by atomic mass is 9.86. The first-order valence-corrected chi connectivity index (χ1v) is 9.24. The third-order valence-electron chi connectivity index (χ3n) is 4.85. The summed E-state index contributed by atoms with van der Waals surface area (Å²) in [5.74, 6) is -1.68. The van der Waals surface area contributed by atoms with Gasteiger partial charge in [-0.3, -0.25) is 14.9 Å². The number of hydrogen-bond acceptors (Lipinski definition) is 6. The second-order valence-corrected chi connectivity index (χ2v) is 6.94. The van der Waals surface area contributed by atoms with E-state index in [2.05, 4.69) is 17.6 Å². The highest BCUT2D eigenvalue weighted by molar-refractivity contribution is 5.96. The SMILES string of the molecule is C[C@H]1CCCC[C@H]1NC(=O)NC(=O)COC(=O)c1cc(=O)c2ccccc2o1. The van der Waals surface area contributed by atoms with Crippen molar-refractivity contribution in [2.24, 2.45) is 5.92 Å². The maximum atomic E-state index is 12.1. The summed E-state index contributed by atoms with van der Waals surface area (Å²) in [5, 5.41) is 5.25. The highest BCUT2D eigenvalue weighted by Gasteiger charge is 2.23. The minimum Gasteiger partial charge on any atom is -0.450 e. The Bertz CT molecular complexity index is 951. The number of rotatable bonds is 4. The number of carbonyl (C=O) groups is 3. The van der Waals surface area contributed by atoms with Crippen molar-refractivity contribution >= 4 is 28.9 Å². The van der Waals surface area contributed by atoms with E-state index < -0.39 is 24.5 Å². The Hall–Kier alpha value is -3.16. The van der Waals surface area contributed by atoms with Crippen LogP contribution in [0, 0.1) is 5.92 Å². The van der Waals surface area contributed by atoms with E-state index in [4.69, 9.17) is 9.15 Å². The van der Waals surface area contributed by atoms with E-state index in [-0.39, 0.29) is 22.8 Å². The number of imide groups is 1. The molecule has 8 heteroatoms. The van der Waals surface area contributed by atoms with Gasteiger partial charge in [-0.05, 0) is 30.9 Å². The summed E-state index contributed by atoms with van der Waals surface area (Å²) in [6, 6.07) is 6.90. The molecule has 2 atom stereocenters. The zero-order valence-electron chi connectivity index (χ0n) is 15.5. The summed E-state index contributed by atoms with van der Waals surface area (Å²) in [7, 11) is 0. The molecule has 0 bridgehead atoms. The summed E-state index contributed by atoms with van der Waals surface area (Å²) in [5.41, 5.74) is -0.147. The van der Waals surface area contributed by atoms with Crippen molar-refractivity contribution in [3.8, 4) is 0 Å². The van der Waals surface area contributed by atoms with Gasteiger partial charge in [-0.25, -0.2) is 9.59 Å². The molecule has 0 unspecified atom stereocenters. The highest BCUT2D eigenvalue weighted by atomic mass is 16.5. The lowest BCUT2D eigenvalue weighted by molar-refractivity contribution is -0.123. The Kier molecular flexibility index (Phi) is 6.08. The maximum Gasteiger partial charge on any atom is 0.374 e. The van der Waals surface area contributed by atoms with Crippen LogP contribution in [0.15, 0.2) is 39.5 Å². The molecule has 1 aliphatic rings. The quantitative estimate of drug-likeness (QED) is 0.780. The molecule has 28 heavy (non-hydrogen) atoms. The predicted molar refractivity (Wildman–Crippen MR) is 101 cm³/mol. The molecule has 1 aromatic carbocycles. The zero-order chi connectivity index (χ0) is 20.1. The van der Waals surface area contributed by atoms with Gasteiger partial charge in [0, 0.05) is 12.1 Å². The van der Waals surface area contributed by atoms with Crippen molar-refractivity contribution in [3.05, 3.63) is 46.3 Å². The highest BCUT2D eigenvalue weighted by Crippen LogP contribution is 2.23. The molecule has 2 aromatic rings. The summed E-state index contributed by atoms with van der Waals surface area (Å²) < 4.78 is 10.2. The number of ether oxygens (including phenoxy) is 1. The van der Waals surface area contributed by atoms with Gasteiger partial charge in [0.2, 0.25) is 5.76 Å². The number of benzene rings is 1. The number of nitrogens with one attached hydrogen (secondary N) is 2. The van der Waals surface area contributed by atoms with Crippen molar-refractivity contribution in [2.75, 3.05) is 6.61 Å². The summed E-state index contributed by atoms with van der Waals surface area (Å²) >= 11 is 0. The first kappa shape index (κ1) is 19.6. The van der Waals surface area contributed by atoms with Gasteiger partial charge in [0.05, 0.1) is 5.39 Å². The molecule has 3 rings (SSSR count). The molecule has 1 saturated carbocycles. The number of urea groups is 1. The van der Waals surface area contributed by atoms with Crippen LogP contribution in [0.3, 0.4) is 0 Å². The van der Waals surface area contributed by atoms with Crippen LogP contribution in [-0.4, -0.2) is 30.6 Å². The number of carbonyl (C=O) groups excluding carboxylic acids is 3. The first-order valence-electron chi connectivity index (χ1n) is 9.24. The van der Waals surface area contributed by atoms with Gasteiger partial charge in [-0.1, -0.05) is 31.9 Å². The van der Waals surface area contributed by atoms with Crippen LogP contribution in [0.4, 0.5) is 4.79 Å². The third-order valence-corrected chi connectivity index (χ3v) is 4.85. The molecule has 1 aliphatic carbocycles. The Labute approximate surface area is 161 Å². The van der Waals surface area contributed by atoms with Gasteiger partial charge in [-0.2, -0.15) is 0 Å². The van der Waals surface area contributed by atoms with Gasteiger partial charge in [-0.15, -0.1) is 0 Å². The van der Waals surface area contributed by atoms with E-state index in [1.165, 1.54) is 0 Å². The molecule has 1 aromatic heterocycles. The molecule has 2 N–H and O–H groups in total. The second kappa shape index (κ2) is 8.69. The van der Waals surface area contributed by atoms with Gasteiger partial charge in [0.15, 0.2) is 12.0 Å². The van der Waals surface area contributed by atoms with E-state index in [1.807, 2.05) is 0 Å². The van der Waals surface area contributed by atoms with Crippen LogP contribution in [0.25, 0.3) is 11.0 Å². The molecule has 3 amide bonds. The van der Waals surface area contributed by atoms with Crippen LogP contribution in [0.1, 0.15) is 43.2 Å². The van der Waals surface area contributed by atoms with Gasteiger partial charge in [0.1, 0.15) is 5.58 Å². The van der Waals surface area contributed by atoms with E-state index in [0.29, 0.717) is 11.3 Å². The summed E-state index contributed by atoms with van der Waals surface area (Å²) in [6.45, 7) is 1.40. The third kappa shape index (κ3) is 4.76. The molecular formula is C20H22N2O6. The molecule has 1 fully saturated rings. The van der Waals surface area contributed by atoms with Crippen LogP contribution in [-0.2, 0) is 9.53 Å². The Morgan fingerprint density at radius 2 is 1.93 bits per heavy atom. The molecule has 0 spiro atoms. The van der Waals surface area contributed by atoms with E-state index in [9.17, 15) is 19.2 Å². The number of hydrogen-bond donors (Lipinski definition) is 2. The molecule has 0 radical (unpaired) electrons. The van der Waals surface area contributed by atoms with Crippen LogP contribution >= 0.6 is 0 Å². The van der Waals surface area contributed by atoms with E-state index >= 15 is 0 Å². The average Bonchev–Trinajstić information content (AvgIpc) is 2.68. The van der Waals surface area contributed by atoms with Crippen LogP contribution < -0.4 is 16.1 Å². The van der Waals surface area contributed by atoms with Crippen molar-refractivity contribution < 1.29 is 23.5 Å². The number of fused-ring (bicyclic) bond motifs is 1. The van der Waals surface area contributed by atoms with E-state index in [1.54, 1.807) is 24.3 Å². The molecule has 148 valence electrons. The minimum atomic E-state index is -0.959. The molecule has 0 aliphatic heterocycles. The molecule has 0 saturated heterocycles. The number of esters is 1. The maximum absolute atomic E-state index is 12.1. The first-order chi connectivity index (χ1) is 13.4. The van der Waals surface area contributed by atoms with Gasteiger partial charge >= 0.3 is 12.0 Å². The fraction of sp³-hybridized carbons (Fsp3) is 0.400. The largest absolute Gasteiger partial charge is 0.450 e. The topological polar surface area (TPSA) is 115 Å². The van der Waals surface area contributed by atoms with Crippen molar-refractivity contribution in [1.29, 1.82) is 0 Å². The molecular weight excluding hydrogens is 364 g/mol. The smallest absolute Gasteiger partial charge is 0.374 e. The Morgan fingerprint density at radius 3 is 2.71 bits per heavy atom. The average molecular weight is 386 g/mol. The number of amides is 3. The lowest BCUT2D eigenvalue weighted by Gasteiger charge is -2.29. The Morgan fingerprint density at radius 1 is 1.18 bits per heavy atom. The lowest BCUT2D eigenvalue weighted by Crippen LogP contribution is -2.48. The summed E-state index contributed by atoms with van der Waals surface area (Å²) in [6.07, 6.45) is 4.09. The van der Waals surface area contributed by atoms with Crippen molar-refractivity contribution in [2.45, 2.75) is 38.6 Å². The standard InChI is InChI=1S/C20H22N2O6/c1-12-6-2-4-8-14(12)21-20(26)22-18(24)11-27-19(25)17-10-15(23)13-7-3-5-9-16(13)28-17/h3,5,7,9-10,12,14H,2,4,6,8,11H2,1H3,(H2,21,22,24,26)/t12-,14+/m0/s1. The predicted octanol–water partition coefficient (Wildman–Crippen LogP) is 2.35. The summed E-state index contributed by atoms with van der Waals surface area (Å²) in [4.78, 5) is 47.8. The molecule has 1 heterocycles. The fourth-order valence-electron chi connectivity index (χ4n) is 3.30. The molecule has 8 nitrogen and oxygen atoms in total. The van der Waals surface area contributed by atoms with Crippen molar-refractivity contribution in [1.82, 2.24) is 10.6 Å². The normalized spacial score (nSPS) is 19.0. The second-order valence-electron chi connectivity index (χ2n) is 6.94. The number of para-hydroxylation sites is 1. The van der Waals surface area contributed by atoms with Crippen LogP contribution in [0.5, 0.6) is 0 Å².